The van der Waals surface area contributed by atoms with Crippen molar-refractivity contribution in [3.8, 4) is 0 Å². The van der Waals surface area contributed by atoms with Crippen molar-refractivity contribution >= 4 is 5.57 Å². The van der Waals surface area contributed by atoms with Crippen molar-refractivity contribution in [2.75, 3.05) is 19.6 Å². The van der Waals surface area contributed by atoms with Crippen LogP contribution in [0.1, 0.15) is 55.6 Å². The van der Waals surface area contributed by atoms with E-state index in [0.717, 1.165) is 30.8 Å². The normalized spacial score (nSPS) is 16.4. The van der Waals surface area contributed by atoms with Gasteiger partial charge in [0.2, 0.25) is 0 Å². The van der Waals surface area contributed by atoms with Crippen LogP contribution >= 0.6 is 0 Å². The van der Waals surface area contributed by atoms with Crippen molar-refractivity contribution < 1.29 is 0 Å². The van der Waals surface area contributed by atoms with Crippen LogP contribution < -0.4 is 5.32 Å². The first-order chi connectivity index (χ1) is 14.2. The predicted octanol–water partition coefficient (Wildman–Crippen LogP) is 5.36. The monoisotopic (exact) mass is 389 g/mol. The lowest BCUT2D eigenvalue weighted by Gasteiger charge is -2.14. The minimum absolute atomic E-state index is 0.507. The number of nitrogens with zero attached hydrogens (tertiary/aromatic N) is 2. The number of rotatable bonds is 9. The lowest BCUT2D eigenvalue weighted by molar-refractivity contribution is 0.377. The molecular formula is C26H35N3. The van der Waals surface area contributed by atoms with Crippen LogP contribution in [-0.2, 0) is 6.42 Å². The number of benzene rings is 1. The van der Waals surface area contributed by atoms with E-state index in [2.05, 4.69) is 91.8 Å². The van der Waals surface area contributed by atoms with Gasteiger partial charge in [-0.3, -0.25) is 9.88 Å². The van der Waals surface area contributed by atoms with Crippen molar-refractivity contribution in [2.24, 2.45) is 0 Å². The zero-order chi connectivity index (χ0) is 20.5. The van der Waals surface area contributed by atoms with Gasteiger partial charge in [0.15, 0.2) is 0 Å². The molecule has 0 radical (unpaired) electrons. The van der Waals surface area contributed by atoms with Crippen LogP contribution in [0.15, 0.2) is 60.8 Å². The highest BCUT2D eigenvalue weighted by Gasteiger charge is 2.12. The molecule has 1 aromatic carbocycles. The fraction of sp³-hybridized carbons (Fsp3) is 0.423. The number of likely N-dealkylation sites (tertiary alicyclic amines) is 1. The molecule has 1 aromatic heterocycles. The highest BCUT2D eigenvalue weighted by Crippen LogP contribution is 2.23. The van der Waals surface area contributed by atoms with Gasteiger partial charge >= 0.3 is 0 Å². The third kappa shape index (κ3) is 6.57. The third-order valence-electron chi connectivity index (χ3n) is 5.64. The predicted molar refractivity (Wildman–Crippen MR) is 124 cm³/mol. The summed E-state index contributed by atoms with van der Waals surface area (Å²) >= 11 is 0. The second-order valence-electron chi connectivity index (χ2n) is 8.09. The Bertz CT molecular complexity index is 814. The molecule has 0 spiro atoms. The van der Waals surface area contributed by atoms with Crippen molar-refractivity contribution in [1.82, 2.24) is 15.2 Å². The molecule has 154 valence electrons. The number of aromatic nitrogens is 1. The second kappa shape index (κ2) is 11.0. The topological polar surface area (TPSA) is 28.2 Å². The molecule has 1 aliphatic rings. The molecular weight excluding hydrogens is 354 g/mol. The van der Waals surface area contributed by atoms with Gasteiger partial charge in [0.05, 0.1) is 5.69 Å². The molecule has 3 rings (SSSR count). The van der Waals surface area contributed by atoms with Gasteiger partial charge in [0.25, 0.3) is 0 Å². The summed E-state index contributed by atoms with van der Waals surface area (Å²) in [6.45, 7) is 9.93. The van der Waals surface area contributed by atoms with E-state index in [4.69, 9.17) is 4.98 Å². The van der Waals surface area contributed by atoms with Gasteiger partial charge in [0.1, 0.15) is 0 Å². The summed E-state index contributed by atoms with van der Waals surface area (Å²) in [6.07, 6.45) is 11.2. The smallest absolute Gasteiger partial charge is 0.0708 e. The number of nitrogens with one attached hydrogen (secondary N) is 1. The Hall–Kier alpha value is -2.39. The summed E-state index contributed by atoms with van der Waals surface area (Å²) in [7, 11) is 0. The zero-order valence-electron chi connectivity index (χ0n) is 18.2. The third-order valence-corrected chi connectivity index (χ3v) is 5.64. The molecule has 3 nitrogen and oxygen atoms in total. The summed E-state index contributed by atoms with van der Waals surface area (Å²) in [5, 5.41) is 3.40. The van der Waals surface area contributed by atoms with Crippen molar-refractivity contribution in [3.05, 3.63) is 83.3 Å². The molecule has 1 fully saturated rings. The zero-order valence-corrected chi connectivity index (χ0v) is 18.2. The molecule has 1 unspecified atom stereocenters. The quantitative estimate of drug-likeness (QED) is 0.625. The summed E-state index contributed by atoms with van der Waals surface area (Å²) < 4.78 is 0. The molecule has 1 N–H and O–H groups in total. The molecule has 0 aliphatic carbocycles. The van der Waals surface area contributed by atoms with Gasteiger partial charge in [-0.2, -0.15) is 0 Å². The summed E-state index contributed by atoms with van der Waals surface area (Å²) in [5.41, 5.74) is 5.93. The summed E-state index contributed by atoms with van der Waals surface area (Å²) in [4.78, 5) is 7.52. The van der Waals surface area contributed by atoms with Gasteiger partial charge in [-0.25, -0.2) is 0 Å². The van der Waals surface area contributed by atoms with Gasteiger partial charge in [0, 0.05) is 30.3 Å². The number of hydrogen-bond donors (Lipinski definition) is 1. The average Bonchev–Trinajstić information content (AvgIpc) is 3.26. The van der Waals surface area contributed by atoms with E-state index in [0.29, 0.717) is 6.04 Å². The maximum absolute atomic E-state index is 4.99. The SMILES string of the molecule is CCC(C)NC=CCc1cccc(C(=CCN2CCCC2)c2ccc(C)cc2)n1. The van der Waals surface area contributed by atoms with Crippen LogP contribution in [0.3, 0.4) is 0 Å². The van der Waals surface area contributed by atoms with E-state index in [-0.39, 0.29) is 0 Å². The van der Waals surface area contributed by atoms with E-state index >= 15 is 0 Å². The minimum Gasteiger partial charge on any atom is -0.389 e. The number of allylic oxidation sites excluding steroid dienone is 1. The average molecular weight is 390 g/mol. The van der Waals surface area contributed by atoms with Crippen LogP contribution in [0, 0.1) is 6.92 Å². The Labute approximate surface area is 176 Å². The molecule has 2 heterocycles. The van der Waals surface area contributed by atoms with Crippen molar-refractivity contribution in [2.45, 2.75) is 52.5 Å². The lowest BCUT2D eigenvalue weighted by atomic mass is 10.00. The largest absolute Gasteiger partial charge is 0.389 e. The van der Waals surface area contributed by atoms with Gasteiger partial charge in [-0.15, -0.1) is 0 Å². The van der Waals surface area contributed by atoms with Crippen LogP contribution in [0.25, 0.3) is 5.57 Å². The number of aryl methyl sites for hydroxylation is 1. The van der Waals surface area contributed by atoms with Gasteiger partial charge < -0.3 is 5.32 Å². The molecule has 0 amide bonds. The van der Waals surface area contributed by atoms with Crippen molar-refractivity contribution in [3.63, 3.8) is 0 Å². The van der Waals surface area contributed by atoms with Crippen molar-refractivity contribution in [1.29, 1.82) is 0 Å². The highest BCUT2D eigenvalue weighted by molar-refractivity contribution is 5.78. The standard InChI is InChI=1S/C26H35N3/c1-4-22(3)27-17-8-10-24-9-7-11-26(28-24)25(16-20-29-18-5-6-19-29)23-14-12-21(2)13-15-23/h7-9,11-17,22,27H,4-6,10,18-20H2,1-3H3. The van der Waals surface area contributed by atoms with Gasteiger partial charge in [-0.05, 0) is 70.1 Å². The first-order valence-electron chi connectivity index (χ1n) is 11.0. The minimum atomic E-state index is 0.507. The van der Waals surface area contributed by atoms with Crippen LogP contribution in [0.5, 0.6) is 0 Å². The molecule has 1 saturated heterocycles. The molecule has 0 saturated carbocycles. The Morgan fingerprint density at radius 2 is 1.90 bits per heavy atom. The Kier molecular flexibility index (Phi) is 8.06. The van der Waals surface area contributed by atoms with Crippen LogP contribution in [0.4, 0.5) is 0 Å². The Morgan fingerprint density at radius 1 is 1.14 bits per heavy atom. The van der Waals surface area contributed by atoms with E-state index in [1.165, 1.54) is 42.6 Å². The number of hydrogen-bond acceptors (Lipinski definition) is 3. The molecule has 1 aliphatic heterocycles. The molecule has 29 heavy (non-hydrogen) atoms. The van der Waals surface area contributed by atoms with E-state index in [1.807, 2.05) is 0 Å². The van der Waals surface area contributed by atoms with E-state index in [9.17, 15) is 0 Å². The maximum Gasteiger partial charge on any atom is 0.0708 e. The summed E-state index contributed by atoms with van der Waals surface area (Å²) in [5.74, 6) is 0. The first-order valence-corrected chi connectivity index (χ1v) is 11.0. The molecule has 3 heteroatoms. The first kappa shape index (κ1) is 21.3. The van der Waals surface area contributed by atoms with E-state index in [1.54, 1.807) is 0 Å². The molecule has 1 atom stereocenters. The number of pyridine rings is 1. The second-order valence-corrected chi connectivity index (χ2v) is 8.09. The Balaban J connectivity index is 1.79. The van der Waals surface area contributed by atoms with Gasteiger partial charge in [-0.1, -0.05) is 55.0 Å². The fourth-order valence-electron chi connectivity index (χ4n) is 3.56. The van der Waals surface area contributed by atoms with Crippen LogP contribution in [-0.4, -0.2) is 35.6 Å². The summed E-state index contributed by atoms with van der Waals surface area (Å²) in [6, 6.07) is 15.7. The maximum atomic E-state index is 4.99. The molecule has 2 aromatic rings. The molecule has 0 bridgehead atoms. The highest BCUT2D eigenvalue weighted by atomic mass is 15.1. The van der Waals surface area contributed by atoms with Crippen LogP contribution in [0.2, 0.25) is 0 Å². The Morgan fingerprint density at radius 3 is 2.62 bits per heavy atom. The van der Waals surface area contributed by atoms with E-state index < -0.39 is 0 Å². The fourth-order valence-corrected chi connectivity index (χ4v) is 3.56. The lowest BCUT2D eigenvalue weighted by Crippen LogP contribution is -2.19.